The molecule has 0 bridgehead atoms. The first kappa shape index (κ1) is 13.4. The standard InChI is InChI=1S/C11H9BrFN5O/c12-6-3-8(10(18-14)16-4-6)11(19)17-9-2-1-7(13)5-15-9/h1-5H,14H2,(H,16,18)(H,15,17,19). The maximum Gasteiger partial charge on any atom is 0.260 e. The molecule has 6 nitrogen and oxygen atoms in total. The van der Waals surface area contributed by atoms with Gasteiger partial charge in [0.15, 0.2) is 5.82 Å². The van der Waals surface area contributed by atoms with E-state index in [0.29, 0.717) is 4.47 Å². The lowest BCUT2D eigenvalue weighted by Crippen LogP contribution is -2.18. The number of hydrogen-bond donors (Lipinski definition) is 3. The lowest BCUT2D eigenvalue weighted by atomic mass is 10.2. The van der Waals surface area contributed by atoms with Gasteiger partial charge in [0.05, 0.1) is 11.8 Å². The molecular weight excluding hydrogens is 317 g/mol. The van der Waals surface area contributed by atoms with Gasteiger partial charge in [-0.25, -0.2) is 20.2 Å². The highest BCUT2D eigenvalue weighted by Crippen LogP contribution is 2.18. The zero-order chi connectivity index (χ0) is 13.8. The predicted molar refractivity (Wildman–Crippen MR) is 71.9 cm³/mol. The highest BCUT2D eigenvalue weighted by molar-refractivity contribution is 9.10. The molecular formula is C11H9BrFN5O. The summed E-state index contributed by atoms with van der Waals surface area (Å²) >= 11 is 3.21. The maximum atomic E-state index is 12.7. The Balaban J connectivity index is 2.24. The molecule has 2 aromatic heterocycles. The number of hydrazine groups is 1. The van der Waals surface area contributed by atoms with Crippen molar-refractivity contribution in [2.24, 2.45) is 5.84 Å². The van der Waals surface area contributed by atoms with Gasteiger partial charge in [0.1, 0.15) is 11.6 Å². The van der Waals surface area contributed by atoms with E-state index in [1.54, 1.807) is 6.07 Å². The van der Waals surface area contributed by atoms with Crippen LogP contribution in [-0.4, -0.2) is 15.9 Å². The van der Waals surface area contributed by atoms with Gasteiger partial charge in [-0.3, -0.25) is 4.79 Å². The van der Waals surface area contributed by atoms with E-state index in [-0.39, 0.29) is 17.2 Å². The Hall–Kier alpha value is -2.06. The molecule has 0 unspecified atom stereocenters. The van der Waals surface area contributed by atoms with Crippen LogP contribution in [0.2, 0.25) is 0 Å². The fourth-order valence-corrected chi connectivity index (χ4v) is 1.69. The van der Waals surface area contributed by atoms with Crippen molar-refractivity contribution in [2.45, 2.75) is 0 Å². The molecule has 98 valence electrons. The van der Waals surface area contributed by atoms with Crippen LogP contribution in [0.1, 0.15) is 10.4 Å². The molecule has 0 spiro atoms. The molecule has 2 aromatic rings. The Labute approximate surface area is 116 Å². The summed E-state index contributed by atoms with van der Waals surface area (Å²) in [5, 5.41) is 2.51. The number of pyridine rings is 2. The highest BCUT2D eigenvalue weighted by Gasteiger charge is 2.13. The number of halogens is 2. The molecule has 0 fully saturated rings. The van der Waals surface area contributed by atoms with Crippen LogP contribution in [0, 0.1) is 5.82 Å². The molecule has 2 rings (SSSR count). The van der Waals surface area contributed by atoms with Crippen LogP contribution >= 0.6 is 15.9 Å². The number of aromatic nitrogens is 2. The van der Waals surface area contributed by atoms with Gasteiger partial charge < -0.3 is 10.7 Å². The number of anilines is 2. The lowest BCUT2D eigenvalue weighted by molar-refractivity contribution is 0.102. The number of carbonyl (C=O) groups is 1. The molecule has 1 amide bonds. The number of carbonyl (C=O) groups excluding carboxylic acids is 1. The van der Waals surface area contributed by atoms with Crippen LogP contribution < -0.4 is 16.6 Å². The average Bonchev–Trinajstić information content (AvgIpc) is 2.41. The Morgan fingerprint density at radius 2 is 2.11 bits per heavy atom. The molecule has 0 aliphatic carbocycles. The van der Waals surface area contributed by atoms with Crippen LogP contribution in [0.15, 0.2) is 35.1 Å². The van der Waals surface area contributed by atoms with Crippen LogP contribution in [0.4, 0.5) is 16.0 Å². The summed E-state index contributed by atoms with van der Waals surface area (Å²) in [7, 11) is 0. The van der Waals surface area contributed by atoms with Gasteiger partial charge in [0, 0.05) is 10.7 Å². The molecule has 0 aliphatic rings. The van der Waals surface area contributed by atoms with Crippen molar-refractivity contribution in [1.29, 1.82) is 0 Å². The largest absolute Gasteiger partial charge is 0.308 e. The molecule has 0 aromatic carbocycles. The highest BCUT2D eigenvalue weighted by atomic mass is 79.9. The van der Waals surface area contributed by atoms with E-state index in [1.165, 1.54) is 18.3 Å². The second-order valence-electron chi connectivity index (χ2n) is 3.51. The minimum absolute atomic E-state index is 0.225. The van der Waals surface area contributed by atoms with Crippen molar-refractivity contribution in [1.82, 2.24) is 9.97 Å². The monoisotopic (exact) mass is 325 g/mol. The van der Waals surface area contributed by atoms with Crippen molar-refractivity contribution in [3.8, 4) is 0 Å². The van der Waals surface area contributed by atoms with Gasteiger partial charge in [-0.15, -0.1) is 0 Å². The smallest absolute Gasteiger partial charge is 0.260 e. The topological polar surface area (TPSA) is 92.9 Å². The SMILES string of the molecule is NNc1ncc(Br)cc1C(=O)Nc1ccc(F)cn1. The molecule has 8 heteroatoms. The summed E-state index contributed by atoms with van der Waals surface area (Å²) in [6.07, 6.45) is 2.51. The third kappa shape index (κ3) is 3.24. The van der Waals surface area contributed by atoms with Gasteiger partial charge in [0.2, 0.25) is 0 Å². The van der Waals surface area contributed by atoms with Crippen molar-refractivity contribution < 1.29 is 9.18 Å². The van der Waals surface area contributed by atoms with E-state index < -0.39 is 11.7 Å². The number of nitrogens with one attached hydrogen (secondary N) is 2. The fourth-order valence-electron chi connectivity index (χ4n) is 1.36. The summed E-state index contributed by atoms with van der Waals surface area (Å²) in [5.74, 6) is 4.80. The average molecular weight is 326 g/mol. The first-order valence-electron chi connectivity index (χ1n) is 5.15. The fraction of sp³-hybridized carbons (Fsp3) is 0. The van der Waals surface area contributed by atoms with E-state index in [1.807, 2.05) is 0 Å². The first-order chi connectivity index (χ1) is 9.10. The summed E-state index contributed by atoms with van der Waals surface area (Å²) in [6.45, 7) is 0. The molecule has 0 saturated heterocycles. The van der Waals surface area contributed by atoms with Gasteiger partial charge in [0.25, 0.3) is 5.91 Å². The second-order valence-corrected chi connectivity index (χ2v) is 4.43. The molecule has 0 atom stereocenters. The summed E-state index contributed by atoms with van der Waals surface area (Å²) < 4.78 is 13.3. The van der Waals surface area contributed by atoms with Crippen LogP contribution in [0.25, 0.3) is 0 Å². The zero-order valence-electron chi connectivity index (χ0n) is 9.52. The Bertz CT molecular complexity index is 605. The van der Waals surface area contributed by atoms with Gasteiger partial charge >= 0.3 is 0 Å². The normalized spacial score (nSPS) is 10.1. The van der Waals surface area contributed by atoms with Crippen LogP contribution in [-0.2, 0) is 0 Å². The first-order valence-corrected chi connectivity index (χ1v) is 5.94. The number of nitrogens with two attached hydrogens (primary N) is 1. The second kappa shape index (κ2) is 5.72. The van der Waals surface area contributed by atoms with E-state index in [9.17, 15) is 9.18 Å². The van der Waals surface area contributed by atoms with Crippen molar-refractivity contribution in [3.05, 3.63) is 46.4 Å². The van der Waals surface area contributed by atoms with Crippen molar-refractivity contribution >= 4 is 33.5 Å². The minimum Gasteiger partial charge on any atom is -0.308 e. The molecule has 4 N–H and O–H groups in total. The molecule has 2 heterocycles. The summed E-state index contributed by atoms with van der Waals surface area (Å²) in [5.41, 5.74) is 2.56. The number of nitrogen functional groups attached to an aromatic ring is 1. The minimum atomic E-state index is -0.480. The molecule has 0 radical (unpaired) electrons. The zero-order valence-corrected chi connectivity index (χ0v) is 11.1. The molecule has 19 heavy (non-hydrogen) atoms. The lowest BCUT2D eigenvalue weighted by Gasteiger charge is -2.08. The third-order valence-corrected chi connectivity index (χ3v) is 2.64. The predicted octanol–water partition coefficient (Wildman–Crippen LogP) is 1.92. The molecule has 0 aliphatic heterocycles. The van der Waals surface area contributed by atoms with E-state index in [2.05, 4.69) is 36.6 Å². The summed E-state index contributed by atoms with van der Waals surface area (Å²) in [4.78, 5) is 19.7. The Morgan fingerprint density at radius 3 is 2.74 bits per heavy atom. The van der Waals surface area contributed by atoms with E-state index in [4.69, 9.17) is 5.84 Å². The quantitative estimate of drug-likeness (QED) is 0.592. The third-order valence-electron chi connectivity index (χ3n) is 2.20. The van der Waals surface area contributed by atoms with Crippen LogP contribution in [0.5, 0.6) is 0 Å². The van der Waals surface area contributed by atoms with Crippen molar-refractivity contribution in [3.63, 3.8) is 0 Å². The number of amides is 1. The van der Waals surface area contributed by atoms with Gasteiger partial charge in [-0.05, 0) is 34.1 Å². The Morgan fingerprint density at radius 1 is 1.32 bits per heavy atom. The van der Waals surface area contributed by atoms with Gasteiger partial charge in [-0.2, -0.15) is 0 Å². The van der Waals surface area contributed by atoms with E-state index >= 15 is 0 Å². The van der Waals surface area contributed by atoms with Crippen LogP contribution in [0.3, 0.4) is 0 Å². The van der Waals surface area contributed by atoms with E-state index in [0.717, 1.165) is 6.20 Å². The van der Waals surface area contributed by atoms with Gasteiger partial charge in [-0.1, -0.05) is 0 Å². The number of nitrogens with zero attached hydrogens (tertiary/aromatic N) is 2. The Kier molecular flexibility index (Phi) is 4.03. The number of hydrogen-bond acceptors (Lipinski definition) is 5. The molecule has 0 saturated carbocycles. The maximum absolute atomic E-state index is 12.7. The number of rotatable bonds is 3. The summed E-state index contributed by atoms with van der Waals surface area (Å²) in [6, 6.07) is 4.11. The van der Waals surface area contributed by atoms with Crippen molar-refractivity contribution in [2.75, 3.05) is 10.7 Å².